The minimum atomic E-state index is -0.0724. The normalized spacial score (nSPS) is 20.5. The molecule has 0 bridgehead atoms. The van der Waals surface area contributed by atoms with E-state index in [9.17, 15) is 4.79 Å². The smallest absolute Gasteiger partial charge is 0.252 e. The first-order chi connectivity index (χ1) is 12.3. The Labute approximate surface area is 153 Å². The number of nitrogens with one attached hydrogen (secondary N) is 1. The van der Waals surface area contributed by atoms with E-state index in [1.54, 1.807) is 4.68 Å². The first-order valence-electron chi connectivity index (χ1n) is 8.90. The van der Waals surface area contributed by atoms with Gasteiger partial charge in [0.1, 0.15) is 5.82 Å². The molecule has 0 aromatic carbocycles. The zero-order valence-corrected chi connectivity index (χ0v) is 15.9. The zero-order valence-electron chi connectivity index (χ0n) is 15.9. The molecule has 140 valence electrons. The number of likely N-dealkylation sites (tertiary alicyclic amines) is 1. The van der Waals surface area contributed by atoms with Crippen LogP contribution in [-0.4, -0.2) is 56.7 Å². The Kier molecular flexibility index (Phi) is 5.06. The molecule has 2 aromatic heterocycles. The lowest BCUT2D eigenvalue weighted by Crippen LogP contribution is -2.35. The van der Waals surface area contributed by atoms with Crippen molar-refractivity contribution in [2.45, 2.75) is 34.1 Å². The molecule has 1 saturated heterocycles. The van der Waals surface area contributed by atoms with Gasteiger partial charge in [-0.3, -0.25) is 9.69 Å². The highest BCUT2D eigenvalue weighted by atomic mass is 16.2. The third kappa shape index (κ3) is 4.08. The van der Waals surface area contributed by atoms with Crippen molar-refractivity contribution in [1.82, 2.24) is 24.6 Å². The molecule has 26 heavy (non-hydrogen) atoms. The molecule has 3 N–H and O–H groups in total. The molecule has 1 fully saturated rings. The maximum Gasteiger partial charge on any atom is 0.252 e. The highest BCUT2D eigenvalue weighted by Gasteiger charge is 2.33. The van der Waals surface area contributed by atoms with E-state index in [2.05, 4.69) is 32.2 Å². The third-order valence-corrected chi connectivity index (χ3v) is 4.76. The summed E-state index contributed by atoms with van der Waals surface area (Å²) in [6.07, 6.45) is 1.02. The molecule has 8 heteroatoms. The average Bonchev–Trinajstić information content (AvgIpc) is 3.10. The Morgan fingerprint density at radius 3 is 2.54 bits per heavy atom. The van der Waals surface area contributed by atoms with Gasteiger partial charge >= 0.3 is 0 Å². The highest BCUT2D eigenvalue weighted by molar-refractivity contribution is 5.91. The number of amides is 1. The van der Waals surface area contributed by atoms with E-state index in [-0.39, 0.29) is 11.3 Å². The first-order valence-corrected chi connectivity index (χ1v) is 8.90. The summed E-state index contributed by atoms with van der Waals surface area (Å²) in [6, 6.07) is 3.73. The van der Waals surface area contributed by atoms with Crippen LogP contribution in [0.3, 0.4) is 0 Å². The van der Waals surface area contributed by atoms with Gasteiger partial charge in [-0.2, -0.15) is 9.78 Å². The standard InChI is InChI=1S/C18H27N7O/c1-12-7-13(2)21-17(20-12)25-15(8-14(3)23-25)22-16(26)9-24-6-5-18(4,10-19)11-24/h7-8H,5-6,9-11,19H2,1-4H3,(H,22,26). The molecule has 1 atom stereocenters. The van der Waals surface area contributed by atoms with Crippen LogP contribution in [0.4, 0.5) is 5.82 Å². The lowest BCUT2D eigenvalue weighted by atomic mass is 9.90. The van der Waals surface area contributed by atoms with Crippen LogP contribution in [0.25, 0.3) is 5.95 Å². The monoisotopic (exact) mass is 357 g/mol. The fourth-order valence-electron chi connectivity index (χ4n) is 3.36. The second-order valence-electron chi connectivity index (χ2n) is 7.56. The summed E-state index contributed by atoms with van der Waals surface area (Å²) < 4.78 is 1.58. The summed E-state index contributed by atoms with van der Waals surface area (Å²) in [5.74, 6) is 0.970. The zero-order chi connectivity index (χ0) is 18.9. The van der Waals surface area contributed by atoms with E-state index in [0.717, 1.165) is 36.6 Å². The quantitative estimate of drug-likeness (QED) is 0.834. The highest BCUT2D eigenvalue weighted by Crippen LogP contribution is 2.28. The Morgan fingerprint density at radius 2 is 1.92 bits per heavy atom. The maximum absolute atomic E-state index is 12.5. The van der Waals surface area contributed by atoms with Crippen LogP contribution in [0.2, 0.25) is 0 Å². The van der Waals surface area contributed by atoms with E-state index in [0.29, 0.717) is 24.9 Å². The Bertz CT molecular complexity index is 796. The largest absolute Gasteiger partial charge is 0.330 e. The summed E-state index contributed by atoms with van der Waals surface area (Å²) >= 11 is 0. The van der Waals surface area contributed by atoms with E-state index in [4.69, 9.17) is 5.73 Å². The summed E-state index contributed by atoms with van der Waals surface area (Å²) in [5, 5.41) is 7.38. The lowest BCUT2D eigenvalue weighted by molar-refractivity contribution is -0.117. The lowest BCUT2D eigenvalue weighted by Gasteiger charge is -2.22. The summed E-state index contributed by atoms with van der Waals surface area (Å²) in [5.41, 5.74) is 8.45. The average molecular weight is 357 g/mol. The number of carbonyl (C=O) groups is 1. The number of hydrogen-bond acceptors (Lipinski definition) is 6. The molecule has 1 aliphatic heterocycles. The predicted octanol–water partition coefficient (Wildman–Crippen LogP) is 1.20. The van der Waals surface area contributed by atoms with Gasteiger partial charge in [0.2, 0.25) is 5.91 Å². The van der Waals surface area contributed by atoms with Crippen LogP contribution in [0.5, 0.6) is 0 Å². The minimum Gasteiger partial charge on any atom is -0.330 e. The molecule has 8 nitrogen and oxygen atoms in total. The Hall–Kier alpha value is -2.32. The topological polar surface area (TPSA) is 102 Å². The van der Waals surface area contributed by atoms with E-state index in [1.807, 2.05) is 32.9 Å². The number of carbonyl (C=O) groups excluding carboxylic acids is 1. The molecule has 0 aliphatic carbocycles. The molecule has 1 aliphatic rings. The summed E-state index contributed by atoms with van der Waals surface area (Å²) in [7, 11) is 0. The molecule has 3 heterocycles. The maximum atomic E-state index is 12.5. The number of rotatable bonds is 5. The van der Waals surface area contributed by atoms with Gasteiger partial charge in [-0.15, -0.1) is 0 Å². The molecule has 3 rings (SSSR count). The number of aryl methyl sites for hydroxylation is 3. The van der Waals surface area contributed by atoms with Crippen LogP contribution in [0, 0.1) is 26.2 Å². The van der Waals surface area contributed by atoms with Gasteiger partial charge in [0.05, 0.1) is 12.2 Å². The third-order valence-electron chi connectivity index (χ3n) is 4.76. The SMILES string of the molecule is Cc1cc(C)nc(-n2nc(C)cc2NC(=O)CN2CCC(C)(CN)C2)n1. The van der Waals surface area contributed by atoms with Crippen LogP contribution in [-0.2, 0) is 4.79 Å². The number of nitrogens with two attached hydrogens (primary N) is 1. The van der Waals surface area contributed by atoms with Gasteiger partial charge in [-0.05, 0) is 51.8 Å². The number of anilines is 1. The van der Waals surface area contributed by atoms with Crippen molar-refractivity contribution in [2.24, 2.45) is 11.1 Å². The number of aromatic nitrogens is 4. The van der Waals surface area contributed by atoms with Crippen molar-refractivity contribution in [1.29, 1.82) is 0 Å². The molecule has 1 amide bonds. The van der Waals surface area contributed by atoms with Crippen molar-refractivity contribution >= 4 is 11.7 Å². The van der Waals surface area contributed by atoms with Crippen LogP contribution in [0.1, 0.15) is 30.4 Å². The molecule has 1 unspecified atom stereocenters. The fourth-order valence-corrected chi connectivity index (χ4v) is 3.36. The molecule has 0 saturated carbocycles. The van der Waals surface area contributed by atoms with Gasteiger partial charge in [0, 0.05) is 24.0 Å². The van der Waals surface area contributed by atoms with Gasteiger partial charge in [0.25, 0.3) is 5.95 Å². The Balaban J connectivity index is 1.73. The van der Waals surface area contributed by atoms with E-state index in [1.165, 1.54) is 0 Å². The van der Waals surface area contributed by atoms with E-state index < -0.39 is 0 Å². The summed E-state index contributed by atoms with van der Waals surface area (Å²) in [6.45, 7) is 10.6. The molecule has 0 spiro atoms. The molecule has 0 radical (unpaired) electrons. The van der Waals surface area contributed by atoms with Crippen molar-refractivity contribution in [2.75, 3.05) is 31.5 Å². The predicted molar refractivity (Wildman–Crippen MR) is 100 cm³/mol. The van der Waals surface area contributed by atoms with Gasteiger partial charge in [-0.25, -0.2) is 9.97 Å². The second-order valence-corrected chi connectivity index (χ2v) is 7.56. The van der Waals surface area contributed by atoms with Crippen molar-refractivity contribution in [3.05, 3.63) is 29.2 Å². The van der Waals surface area contributed by atoms with Crippen molar-refractivity contribution < 1.29 is 4.79 Å². The fraction of sp³-hybridized carbons (Fsp3) is 0.556. The molecule has 2 aromatic rings. The molecular formula is C18H27N7O. The van der Waals surface area contributed by atoms with E-state index >= 15 is 0 Å². The van der Waals surface area contributed by atoms with Crippen LogP contribution < -0.4 is 11.1 Å². The van der Waals surface area contributed by atoms with Crippen molar-refractivity contribution in [3.63, 3.8) is 0 Å². The minimum absolute atomic E-state index is 0.0724. The van der Waals surface area contributed by atoms with Crippen LogP contribution in [0.15, 0.2) is 12.1 Å². The Morgan fingerprint density at radius 1 is 1.23 bits per heavy atom. The first kappa shape index (κ1) is 18.5. The molecular weight excluding hydrogens is 330 g/mol. The number of nitrogens with zero attached hydrogens (tertiary/aromatic N) is 5. The van der Waals surface area contributed by atoms with Gasteiger partial charge in [-0.1, -0.05) is 6.92 Å². The van der Waals surface area contributed by atoms with Gasteiger partial charge in [0.15, 0.2) is 0 Å². The number of hydrogen-bond donors (Lipinski definition) is 2. The second kappa shape index (κ2) is 7.13. The van der Waals surface area contributed by atoms with Crippen molar-refractivity contribution in [3.8, 4) is 5.95 Å². The summed E-state index contributed by atoms with van der Waals surface area (Å²) in [4.78, 5) is 23.5. The van der Waals surface area contributed by atoms with Gasteiger partial charge < -0.3 is 11.1 Å². The van der Waals surface area contributed by atoms with Crippen LogP contribution >= 0.6 is 0 Å².